The van der Waals surface area contributed by atoms with Crippen molar-refractivity contribution >= 4 is 16.8 Å². The summed E-state index contributed by atoms with van der Waals surface area (Å²) in [5, 5.41) is 20.0. The number of aliphatic hydroxyl groups is 1. The van der Waals surface area contributed by atoms with Gasteiger partial charge in [0.25, 0.3) is 5.91 Å². The van der Waals surface area contributed by atoms with Gasteiger partial charge in [-0.1, -0.05) is 0 Å². The molecule has 1 aliphatic carbocycles. The molecule has 0 saturated heterocycles. The van der Waals surface area contributed by atoms with Gasteiger partial charge in [-0.2, -0.15) is 18.3 Å². The normalized spacial score (nSPS) is 19.0. The Morgan fingerprint density at radius 3 is 2.61 bits per heavy atom. The average molecular weight is 637 g/mol. The summed E-state index contributed by atoms with van der Waals surface area (Å²) in [6.45, 7) is -1.15. The number of alkyl halides is 3. The zero-order chi connectivity index (χ0) is 32.4. The Morgan fingerprint density at radius 2 is 1.96 bits per heavy atom. The van der Waals surface area contributed by atoms with E-state index < -0.39 is 41.6 Å². The maximum atomic E-state index is 15.1. The average Bonchev–Trinajstić information content (AvgIpc) is 3.40. The van der Waals surface area contributed by atoms with Crippen molar-refractivity contribution in [2.24, 2.45) is 13.0 Å². The molecule has 2 N–H and O–H groups in total. The van der Waals surface area contributed by atoms with E-state index in [1.54, 1.807) is 24.0 Å². The molecule has 2 aliphatic rings. The number of hydrogen-bond donors (Lipinski definition) is 2. The van der Waals surface area contributed by atoms with Crippen molar-refractivity contribution in [1.29, 1.82) is 0 Å². The Bertz CT molecular complexity index is 1960. The minimum atomic E-state index is -4.85. The van der Waals surface area contributed by atoms with Crippen molar-refractivity contribution in [2.75, 3.05) is 20.3 Å². The molecule has 46 heavy (non-hydrogen) atoms. The van der Waals surface area contributed by atoms with E-state index >= 15 is 13.2 Å². The van der Waals surface area contributed by atoms with E-state index in [4.69, 9.17) is 9.47 Å². The lowest BCUT2D eigenvalue weighted by Gasteiger charge is -2.33. The maximum absolute atomic E-state index is 15.1. The molecule has 2 aromatic carbocycles. The number of benzene rings is 2. The van der Waals surface area contributed by atoms with E-state index in [1.165, 1.54) is 55.9 Å². The molecule has 0 bridgehead atoms. The summed E-state index contributed by atoms with van der Waals surface area (Å²) >= 11 is 0. The maximum Gasteiger partial charge on any atom is 0.419 e. The third-order valence-corrected chi connectivity index (χ3v) is 8.76. The smallest absolute Gasteiger partial charge is 0.419 e. The summed E-state index contributed by atoms with van der Waals surface area (Å²) in [4.78, 5) is 21.9. The molecule has 1 saturated carbocycles. The van der Waals surface area contributed by atoms with Gasteiger partial charge in [0, 0.05) is 47.7 Å². The number of ether oxygens (including phenoxy) is 2. The summed E-state index contributed by atoms with van der Waals surface area (Å²) in [6, 6.07) is 9.47. The fourth-order valence-electron chi connectivity index (χ4n) is 6.18. The Labute approximate surface area is 259 Å². The summed E-state index contributed by atoms with van der Waals surface area (Å²) in [5.41, 5.74) is -3.77. The Morgan fingerprint density at radius 1 is 1.20 bits per heavy atom. The number of hydrogen-bond acceptors (Lipinski definition) is 7. The van der Waals surface area contributed by atoms with Crippen LogP contribution in [-0.4, -0.2) is 61.8 Å². The fraction of sp³-hybridized carbons (Fsp3) is 0.312. The van der Waals surface area contributed by atoms with Crippen molar-refractivity contribution in [3.05, 3.63) is 90.0 Å². The number of amides is 1. The number of halogens is 4. The molecule has 7 rings (SSSR count). The quantitative estimate of drug-likeness (QED) is 0.237. The minimum Gasteiger partial charge on any atom is -0.494 e. The number of carbonyl (C=O) groups excluding carboxylic acids is 1. The lowest BCUT2D eigenvalue weighted by Crippen LogP contribution is -2.50. The number of imidazole rings is 1. The predicted octanol–water partition coefficient (Wildman–Crippen LogP) is 4.71. The molecule has 3 aromatic heterocycles. The second kappa shape index (κ2) is 10.5. The summed E-state index contributed by atoms with van der Waals surface area (Å²) in [7, 11) is 3.20. The van der Waals surface area contributed by atoms with Crippen LogP contribution in [0.1, 0.15) is 34.5 Å². The van der Waals surface area contributed by atoms with Gasteiger partial charge in [0.05, 0.1) is 25.7 Å². The topological polar surface area (TPSA) is 116 Å². The molecule has 2 atom stereocenters. The van der Waals surface area contributed by atoms with Crippen LogP contribution in [-0.2, 0) is 18.2 Å². The third-order valence-electron chi connectivity index (χ3n) is 8.76. The zero-order valence-electron chi connectivity index (χ0n) is 24.7. The van der Waals surface area contributed by atoms with E-state index in [1.807, 2.05) is 0 Å². The van der Waals surface area contributed by atoms with E-state index in [0.717, 1.165) is 10.9 Å². The molecular formula is C32H28F4N6O4. The van der Waals surface area contributed by atoms with Crippen LogP contribution in [0.15, 0.2) is 67.4 Å². The number of nitrogens with zero attached hydrogens (tertiary/aromatic N) is 5. The molecule has 14 heteroatoms. The first kappa shape index (κ1) is 29.7. The molecule has 1 aliphatic heterocycles. The molecule has 238 valence electrons. The SMILES string of the molecule is COc1cc(C(=O)NCC(O)(c2cc3c(c(-c4ccc(F)cc4)n2)OC[C@@]3(n2ccnc2)C(F)(F)F)C2CC2)cc2cn(C)nc12. The minimum absolute atomic E-state index is 0.0101. The lowest BCUT2D eigenvalue weighted by atomic mass is 9.85. The molecule has 10 nitrogen and oxygen atoms in total. The first-order chi connectivity index (χ1) is 21.9. The Kier molecular flexibility index (Phi) is 6.81. The molecule has 1 fully saturated rings. The summed E-state index contributed by atoms with van der Waals surface area (Å²) in [6.07, 6.45) is 1.50. The fourth-order valence-corrected chi connectivity index (χ4v) is 6.18. The van der Waals surface area contributed by atoms with Crippen LogP contribution >= 0.6 is 0 Å². The molecular weight excluding hydrogens is 608 g/mol. The van der Waals surface area contributed by atoms with Crippen molar-refractivity contribution in [1.82, 2.24) is 29.6 Å². The van der Waals surface area contributed by atoms with Gasteiger partial charge >= 0.3 is 6.18 Å². The van der Waals surface area contributed by atoms with Crippen LogP contribution in [0.3, 0.4) is 0 Å². The van der Waals surface area contributed by atoms with Crippen LogP contribution in [0.5, 0.6) is 11.5 Å². The Hall–Kier alpha value is -4.98. The highest BCUT2D eigenvalue weighted by Crippen LogP contribution is 2.54. The summed E-state index contributed by atoms with van der Waals surface area (Å²) < 4.78 is 72.9. The predicted molar refractivity (Wildman–Crippen MR) is 157 cm³/mol. The monoisotopic (exact) mass is 636 g/mol. The van der Waals surface area contributed by atoms with E-state index in [2.05, 4.69) is 20.4 Å². The van der Waals surface area contributed by atoms with Gasteiger partial charge < -0.3 is 24.5 Å². The zero-order valence-corrected chi connectivity index (χ0v) is 24.7. The molecule has 4 heterocycles. The van der Waals surface area contributed by atoms with Gasteiger partial charge in [0.1, 0.15) is 35.0 Å². The molecule has 5 aromatic rings. The van der Waals surface area contributed by atoms with Gasteiger partial charge in [-0.15, -0.1) is 0 Å². The first-order valence-corrected chi connectivity index (χ1v) is 14.5. The highest BCUT2D eigenvalue weighted by atomic mass is 19.4. The number of fused-ring (bicyclic) bond motifs is 2. The Balaban J connectivity index is 1.33. The second-order valence-electron chi connectivity index (χ2n) is 11.7. The number of aromatic nitrogens is 5. The number of rotatable bonds is 8. The second-order valence-corrected chi connectivity index (χ2v) is 11.7. The van der Waals surface area contributed by atoms with Crippen LogP contribution in [0, 0.1) is 11.7 Å². The number of carbonyl (C=O) groups is 1. The number of pyridine rings is 1. The number of aryl methyl sites for hydroxylation is 1. The standard InChI is InChI=1S/C32H28F4N6O4/c1-41-14-20-11-19(12-24(45-2)26(20)40-41)29(43)38-15-30(44,21-5-6-21)25-13-23-28(27(39-25)18-3-7-22(33)8-4-18)46-16-31(23,32(34,35)36)42-10-9-37-17-42/h3-4,7-14,17,21,44H,5-6,15-16H2,1-2H3,(H,38,43)/t30?,31-/m0/s1. The van der Waals surface area contributed by atoms with Crippen molar-refractivity contribution < 1.29 is 36.9 Å². The number of nitrogens with one attached hydrogen (secondary N) is 1. The van der Waals surface area contributed by atoms with E-state index in [9.17, 15) is 14.3 Å². The number of methoxy groups -OCH3 is 1. The van der Waals surface area contributed by atoms with Gasteiger partial charge in [-0.25, -0.2) is 14.4 Å². The van der Waals surface area contributed by atoms with Crippen molar-refractivity contribution in [3.8, 4) is 22.8 Å². The molecule has 1 amide bonds. The van der Waals surface area contributed by atoms with Gasteiger partial charge in [0.15, 0.2) is 5.75 Å². The molecule has 0 spiro atoms. The van der Waals surface area contributed by atoms with Crippen molar-refractivity contribution in [2.45, 2.75) is 30.2 Å². The van der Waals surface area contributed by atoms with Crippen LogP contribution < -0.4 is 14.8 Å². The van der Waals surface area contributed by atoms with E-state index in [-0.39, 0.29) is 34.8 Å². The highest BCUT2D eigenvalue weighted by Gasteiger charge is 2.63. The van der Waals surface area contributed by atoms with Crippen LogP contribution in [0.4, 0.5) is 17.6 Å². The van der Waals surface area contributed by atoms with Crippen LogP contribution in [0.25, 0.3) is 22.2 Å². The highest BCUT2D eigenvalue weighted by molar-refractivity contribution is 5.99. The molecule has 1 unspecified atom stereocenters. The van der Waals surface area contributed by atoms with Gasteiger partial charge in [-0.3, -0.25) is 9.48 Å². The van der Waals surface area contributed by atoms with E-state index in [0.29, 0.717) is 35.1 Å². The third kappa shape index (κ3) is 4.66. The largest absolute Gasteiger partial charge is 0.494 e. The lowest BCUT2D eigenvalue weighted by molar-refractivity contribution is -0.202. The summed E-state index contributed by atoms with van der Waals surface area (Å²) in [5.74, 6) is -1.23. The first-order valence-electron chi connectivity index (χ1n) is 14.5. The van der Waals surface area contributed by atoms with Crippen molar-refractivity contribution in [3.63, 3.8) is 0 Å². The van der Waals surface area contributed by atoms with Gasteiger partial charge in [-0.05, 0) is 61.2 Å². The van der Waals surface area contributed by atoms with Crippen LogP contribution in [0.2, 0.25) is 0 Å². The van der Waals surface area contributed by atoms with Gasteiger partial charge in [0.2, 0.25) is 5.54 Å². The molecule has 0 radical (unpaired) electrons.